The highest BCUT2D eigenvalue weighted by molar-refractivity contribution is 5.81. The van der Waals surface area contributed by atoms with Crippen molar-refractivity contribution >= 4 is 11.7 Å². The van der Waals surface area contributed by atoms with Gasteiger partial charge in [0.2, 0.25) is 5.91 Å². The van der Waals surface area contributed by atoms with Gasteiger partial charge >= 0.3 is 0 Å². The van der Waals surface area contributed by atoms with Crippen LogP contribution in [0.4, 0.5) is 5.82 Å². The minimum Gasteiger partial charge on any atom is -0.349 e. The molecule has 1 rings (SSSR count). The molecular formula is C12H16N4O. The summed E-state index contributed by atoms with van der Waals surface area (Å²) in [6.45, 7) is 2.06. The Morgan fingerprint density at radius 1 is 1.41 bits per heavy atom. The van der Waals surface area contributed by atoms with E-state index in [0.717, 1.165) is 5.69 Å². The van der Waals surface area contributed by atoms with Gasteiger partial charge in [0.25, 0.3) is 0 Å². The maximum atomic E-state index is 11.6. The normalized spacial score (nSPS) is 9.59. The predicted molar refractivity (Wildman–Crippen MR) is 65.7 cm³/mol. The number of hydrogen-bond acceptors (Lipinski definition) is 4. The molecule has 0 spiro atoms. The van der Waals surface area contributed by atoms with Crippen LogP contribution >= 0.6 is 0 Å². The Morgan fingerprint density at radius 3 is 2.59 bits per heavy atom. The molecule has 0 bridgehead atoms. The van der Waals surface area contributed by atoms with Gasteiger partial charge in [0.15, 0.2) is 0 Å². The Morgan fingerprint density at radius 2 is 2.06 bits per heavy atom. The fraction of sp³-hybridized carbons (Fsp3) is 0.417. The number of likely N-dealkylation sites (N-methyl/N-ethyl adjacent to an activating group) is 2. The third-order valence-corrected chi connectivity index (χ3v) is 2.37. The van der Waals surface area contributed by atoms with Gasteiger partial charge in [-0.15, -0.1) is 0 Å². The van der Waals surface area contributed by atoms with Gasteiger partial charge in [0, 0.05) is 26.8 Å². The van der Waals surface area contributed by atoms with Crippen LogP contribution in [0.5, 0.6) is 0 Å². The van der Waals surface area contributed by atoms with Crippen molar-refractivity contribution in [3.05, 3.63) is 23.4 Å². The molecule has 0 aromatic carbocycles. The Labute approximate surface area is 101 Å². The van der Waals surface area contributed by atoms with E-state index >= 15 is 0 Å². The molecule has 0 fully saturated rings. The molecule has 0 unspecified atom stereocenters. The number of nitriles is 1. The Hall–Kier alpha value is -2.09. The molecule has 17 heavy (non-hydrogen) atoms. The van der Waals surface area contributed by atoms with Crippen LogP contribution in [0.25, 0.3) is 0 Å². The summed E-state index contributed by atoms with van der Waals surface area (Å²) < 4.78 is 0. The molecular weight excluding hydrogens is 216 g/mol. The molecule has 0 aliphatic rings. The SMILES string of the molecule is Cc1ccc(C#N)c(N(C)CC(=O)N(C)C)n1. The lowest BCUT2D eigenvalue weighted by atomic mass is 10.2. The van der Waals surface area contributed by atoms with Crippen LogP contribution in [0.15, 0.2) is 12.1 Å². The molecule has 1 aromatic heterocycles. The van der Waals surface area contributed by atoms with Gasteiger partial charge in [-0.1, -0.05) is 0 Å². The third-order valence-electron chi connectivity index (χ3n) is 2.37. The average molecular weight is 232 g/mol. The van der Waals surface area contributed by atoms with E-state index in [2.05, 4.69) is 11.1 Å². The number of anilines is 1. The molecule has 1 heterocycles. The number of aryl methyl sites for hydroxylation is 1. The second-order valence-corrected chi connectivity index (χ2v) is 4.08. The van der Waals surface area contributed by atoms with E-state index in [4.69, 9.17) is 5.26 Å². The Balaban J connectivity index is 2.96. The van der Waals surface area contributed by atoms with E-state index in [1.807, 2.05) is 6.92 Å². The van der Waals surface area contributed by atoms with Crippen molar-refractivity contribution in [2.24, 2.45) is 0 Å². The molecule has 5 nitrogen and oxygen atoms in total. The number of pyridine rings is 1. The van der Waals surface area contributed by atoms with E-state index in [1.54, 1.807) is 38.2 Å². The third kappa shape index (κ3) is 3.18. The molecule has 5 heteroatoms. The minimum absolute atomic E-state index is 0.0281. The van der Waals surface area contributed by atoms with E-state index in [9.17, 15) is 4.79 Å². The predicted octanol–water partition coefficient (Wildman–Crippen LogP) is 0.786. The van der Waals surface area contributed by atoms with E-state index in [0.29, 0.717) is 11.4 Å². The lowest BCUT2D eigenvalue weighted by Crippen LogP contribution is -2.35. The van der Waals surface area contributed by atoms with Crippen molar-refractivity contribution < 1.29 is 4.79 Å². The van der Waals surface area contributed by atoms with Crippen LogP contribution < -0.4 is 4.90 Å². The van der Waals surface area contributed by atoms with E-state index < -0.39 is 0 Å². The molecule has 1 aromatic rings. The number of rotatable bonds is 3. The van der Waals surface area contributed by atoms with Crippen molar-refractivity contribution in [3.63, 3.8) is 0 Å². The fourth-order valence-corrected chi connectivity index (χ4v) is 1.34. The van der Waals surface area contributed by atoms with Crippen LogP contribution in [0.2, 0.25) is 0 Å². The van der Waals surface area contributed by atoms with Gasteiger partial charge in [0.05, 0.1) is 12.1 Å². The van der Waals surface area contributed by atoms with Crippen LogP contribution in [-0.2, 0) is 4.79 Å². The van der Waals surface area contributed by atoms with Crippen molar-refractivity contribution in [1.82, 2.24) is 9.88 Å². The number of hydrogen-bond donors (Lipinski definition) is 0. The standard InChI is InChI=1S/C12H16N4O/c1-9-5-6-10(7-13)12(14-9)16(4)8-11(17)15(2)3/h5-6H,8H2,1-4H3. The zero-order valence-corrected chi connectivity index (χ0v) is 10.6. The lowest BCUT2D eigenvalue weighted by Gasteiger charge is -2.21. The van der Waals surface area contributed by atoms with Crippen LogP contribution in [0.1, 0.15) is 11.3 Å². The monoisotopic (exact) mass is 232 g/mol. The summed E-state index contributed by atoms with van der Waals surface area (Å²) in [7, 11) is 5.15. The van der Waals surface area contributed by atoms with Gasteiger partial charge in [-0.25, -0.2) is 4.98 Å². The first-order valence-corrected chi connectivity index (χ1v) is 5.24. The number of carbonyl (C=O) groups excluding carboxylic acids is 1. The molecule has 90 valence electrons. The van der Waals surface area contributed by atoms with Gasteiger partial charge in [-0.2, -0.15) is 5.26 Å². The summed E-state index contributed by atoms with van der Waals surface area (Å²) in [4.78, 5) is 19.1. The zero-order valence-electron chi connectivity index (χ0n) is 10.6. The first-order chi connectivity index (χ1) is 7.95. The Kier molecular flexibility index (Phi) is 4.05. The fourth-order valence-electron chi connectivity index (χ4n) is 1.34. The number of carbonyl (C=O) groups is 1. The highest BCUT2D eigenvalue weighted by Gasteiger charge is 2.13. The highest BCUT2D eigenvalue weighted by Crippen LogP contribution is 2.16. The van der Waals surface area contributed by atoms with Gasteiger partial charge in [-0.05, 0) is 19.1 Å². The summed E-state index contributed by atoms with van der Waals surface area (Å²) in [5.74, 6) is 0.516. The van der Waals surface area contributed by atoms with Crippen LogP contribution in [0, 0.1) is 18.3 Å². The Bertz CT molecular complexity index is 462. The number of nitrogens with zero attached hydrogens (tertiary/aromatic N) is 4. The van der Waals surface area contributed by atoms with Gasteiger partial charge in [0.1, 0.15) is 11.9 Å². The largest absolute Gasteiger partial charge is 0.349 e. The topological polar surface area (TPSA) is 60.2 Å². The van der Waals surface area contributed by atoms with Crippen molar-refractivity contribution in [3.8, 4) is 6.07 Å². The first kappa shape index (κ1) is 13.0. The maximum absolute atomic E-state index is 11.6. The van der Waals surface area contributed by atoms with E-state index in [1.165, 1.54) is 4.90 Å². The molecule has 0 radical (unpaired) electrons. The van der Waals surface area contributed by atoms with Crippen molar-refractivity contribution in [2.45, 2.75) is 6.92 Å². The maximum Gasteiger partial charge on any atom is 0.241 e. The van der Waals surface area contributed by atoms with Crippen molar-refractivity contribution in [1.29, 1.82) is 5.26 Å². The first-order valence-electron chi connectivity index (χ1n) is 5.24. The number of amides is 1. The van der Waals surface area contributed by atoms with Gasteiger partial charge < -0.3 is 9.80 Å². The van der Waals surface area contributed by atoms with Crippen LogP contribution in [0.3, 0.4) is 0 Å². The summed E-state index contributed by atoms with van der Waals surface area (Å²) in [5, 5.41) is 8.99. The molecule has 0 aliphatic carbocycles. The number of aromatic nitrogens is 1. The summed E-state index contributed by atoms with van der Waals surface area (Å²) in [6.07, 6.45) is 0. The molecule has 0 aliphatic heterocycles. The molecule has 0 saturated heterocycles. The second-order valence-electron chi connectivity index (χ2n) is 4.08. The van der Waals surface area contributed by atoms with Crippen molar-refractivity contribution in [2.75, 3.05) is 32.6 Å². The second kappa shape index (κ2) is 5.30. The van der Waals surface area contributed by atoms with E-state index in [-0.39, 0.29) is 12.5 Å². The summed E-state index contributed by atoms with van der Waals surface area (Å²) in [6, 6.07) is 5.58. The molecule has 0 atom stereocenters. The zero-order chi connectivity index (χ0) is 13.0. The summed E-state index contributed by atoms with van der Waals surface area (Å²) in [5.41, 5.74) is 1.30. The van der Waals surface area contributed by atoms with Crippen LogP contribution in [-0.4, -0.2) is 43.5 Å². The lowest BCUT2D eigenvalue weighted by molar-refractivity contribution is -0.127. The average Bonchev–Trinajstić information content (AvgIpc) is 2.28. The quantitative estimate of drug-likeness (QED) is 0.773. The minimum atomic E-state index is -0.0281. The molecule has 0 saturated carbocycles. The highest BCUT2D eigenvalue weighted by atomic mass is 16.2. The smallest absolute Gasteiger partial charge is 0.241 e. The van der Waals surface area contributed by atoms with Gasteiger partial charge in [-0.3, -0.25) is 4.79 Å². The summed E-state index contributed by atoms with van der Waals surface area (Å²) >= 11 is 0. The molecule has 1 amide bonds. The molecule has 0 N–H and O–H groups in total.